The van der Waals surface area contributed by atoms with E-state index in [9.17, 15) is 0 Å². The molecule has 4 fully saturated rings. The standard InChI is InChI=1S/C23H40/c1-8-21(6)14-23-13-17(21)9-10-18(23)22(7)12-11-15(2)20(4,5)19(22)16(23)3/h15-19H,8-14H2,1-7H3/t15?,16-,17+,18?,19?,21-,22-,23-/m0/s1. The molecule has 0 nitrogen and oxygen atoms in total. The smallest absolute Gasteiger partial charge is 0.0227 e. The Bertz CT molecular complexity index is 504. The van der Waals surface area contributed by atoms with E-state index < -0.39 is 0 Å². The van der Waals surface area contributed by atoms with Crippen LogP contribution in [0.1, 0.15) is 93.4 Å². The van der Waals surface area contributed by atoms with Gasteiger partial charge in [-0.1, -0.05) is 54.9 Å². The summed E-state index contributed by atoms with van der Waals surface area (Å²) < 4.78 is 0. The molecule has 0 heterocycles. The summed E-state index contributed by atoms with van der Waals surface area (Å²) in [5, 5.41) is 0. The monoisotopic (exact) mass is 316 g/mol. The molecule has 132 valence electrons. The third-order valence-corrected chi connectivity index (χ3v) is 10.8. The van der Waals surface area contributed by atoms with Crippen LogP contribution in [0.4, 0.5) is 0 Å². The van der Waals surface area contributed by atoms with Crippen molar-refractivity contribution in [3.05, 3.63) is 0 Å². The molecule has 0 saturated heterocycles. The van der Waals surface area contributed by atoms with E-state index >= 15 is 0 Å². The predicted octanol–water partition coefficient (Wildman–Crippen LogP) is 6.94. The predicted molar refractivity (Wildman–Crippen MR) is 99.2 cm³/mol. The summed E-state index contributed by atoms with van der Waals surface area (Å²) in [6.45, 7) is 18.3. The van der Waals surface area contributed by atoms with Crippen molar-refractivity contribution in [2.75, 3.05) is 0 Å². The normalized spacial score (nSPS) is 60.4. The van der Waals surface area contributed by atoms with Gasteiger partial charge in [-0.3, -0.25) is 0 Å². The molecule has 0 amide bonds. The molecule has 4 saturated carbocycles. The number of rotatable bonds is 1. The van der Waals surface area contributed by atoms with Crippen LogP contribution < -0.4 is 0 Å². The number of hydrogen-bond donors (Lipinski definition) is 0. The molecule has 0 heteroatoms. The summed E-state index contributed by atoms with van der Waals surface area (Å²) in [6, 6.07) is 0. The van der Waals surface area contributed by atoms with Crippen LogP contribution in [0.25, 0.3) is 0 Å². The average Bonchev–Trinajstić information content (AvgIpc) is 2.83. The molecule has 0 aliphatic heterocycles. The van der Waals surface area contributed by atoms with Crippen molar-refractivity contribution in [2.45, 2.75) is 93.4 Å². The Hall–Kier alpha value is 0. The molecule has 0 aromatic carbocycles. The Morgan fingerprint density at radius 1 is 0.957 bits per heavy atom. The summed E-state index contributed by atoms with van der Waals surface area (Å²) in [4.78, 5) is 0. The van der Waals surface area contributed by atoms with E-state index in [4.69, 9.17) is 0 Å². The third-order valence-electron chi connectivity index (χ3n) is 10.8. The zero-order valence-electron chi connectivity index (χ0n) is 16.8. The van der Waals surface area contributed by atoms with Crippen LogP contribution in [0, 0.1) is 51.2 Å². The van der Waals surface area contributed by atoms with Gasteiger partial charge in [0.15, 0.2) is 0 Å². The minimum absolute atomic E-state index is 0.527. The zero-order valence-corrected chi connectivity index (χ0v) is 16.8. The van der Waals surface area contributed by atoms with Crippen molar-refractivity contribution in [2.24, 2.45) is 51.2 Å². The Kier molecular flexibility index (Phi) is 3.28. The highest BCUT2D eigenvalue weighted by Gasteiger charge is 2.72. The molecule has 0 N–H and O–H groups in total. The minimum atomic E-state index is 0.527. The largest absolute Gasteiger partial charge is 0.0649 e. The van der Waals surface area contributed by atoms with Crippen molar-refractivity contribution in [1.82, 2.24) is 0 Å². The molecular weight excluding hydrogens is 276 g/mol. The first-order valence-electron chi connectivity index (χ1n) is 10.6. The summed E-state index contributed by atoms with van der Waals surface area (Å²) in [5.74, 6) is 4.82. The average molecular weight is 317 g/mol. The summed E-state index contributed by atoms with van der Waals surface area (Å²) in [5.41, 5.74) is 2.48. The molecule has 3 unspecified atom stereocenters. The van der Waals surface area contributed by atoms with Crippen LogP contribution in [0.3, 0.4) is 0 Å². The maximum absolute atomic E-state index is 2.73. The van der Waals surface area contributed by atoms with Crippen LogP contribution in [-0.2, 0) is 0 Å². The second kappa shape index (κ2) is 4.59. The lowest BCUT2D eigenvalue weighted by Gasteiger charge is -2.54. The quantitative estimate of drug-likeness (QED) is 0.491. The number of fused-ring (bicyclic) bond motifs is 3. The topological polar surface area (TPSA) is 0 Å². The molecule has 4 aliphatic rings. The van der Waals surface area contributed by atoms with Crippen LogP contribution in [-0.4, -0.2) is 0 Å². The van der Waals surface area contributed by atoms with Gasteiger partial charge >= 0.3 is 0 Å². The summed E-state index contributed by atoms with van der Waals surface area (Å²) in [7, 11) is 0. The highest BCUT2D eigenvalue weighted by molar-refractivity contribution is 5.21. The van der Waals surface area contributed by atoms with Crippen LogP contribution >= 0.6 is 0 Å². The number of hydrogen-bond acceptors (Lipinski definition) is 0. The van der Waals surface area contributed by atoms with E-state index in [1.807, 2.05) is 0 Å². The first-order valence-corrected chi connectivity index (χ1v) is 10.6. The zero-order chi connectivity index (χ0) is 16.8. The molecule has 1 spiro atoms. The Morgan fingerprint density at radius 2 is 1.65 bits per heavy atom. The summed E-state index contributed by atoms with van der Waals surface area (Å²) >= 11 is 0. The van der Waals surface area contributed by atoms with Gasteiger partial charge in [-0.15, -0.1) is 0 Å². The molecule has 0 aromatic heterocycles. The van der Waals surface area contributed by atoms with E-state index in [1.165, 1.54) is 25.7 Å². The highest BCUT2D eigenvalue weighted by atomic mass is 14.8. The van der Waals surface area contributed by atoms with Crippen LogP contribution in [0.2, 0.25) is 0 Å². The SMILES string of the molecule is CC[C@@]1(C)C[C@]23C[C@H]1CCC2[C@]1(C)CCC(C)C(C)(C)C1[C@@H]3C. The third kappa shape index (κ3) is 1.75. The van der Waals surface area contributed by atoms with E-state index in [1.54, 1.807) is 19.3 Å². The van der Waals surface area contributed by atoms with Crippen molar-refractivity contribution >= 4 is 0 Å². The van der Waals surface area contributed by atoms with Crippen molar-refractivity contribution < 1.29 is 0 Å². The maximum atomic E-state index is 2.73. The van der Waals surface area contributed by atoms with Crippen LogP contribution in [0.5, 0.6) is 0 Å². The molecule has 8 atom stereocenters. The molecule has 23 heavy (non-hydrogen) atoms. The van der Waals surface area contributed by atoms with E-state index in [2.05, 4.69) is 48.5 Å². The second-order valence-electron chi connectivity index (χ2n) is 11.5. The van der Waals surface area contributed by atoms with Gasteiger partial charge in [0, 0.05) is 0 Å². The van der Waals surface area contributed by atoms with E-state index in [-0.39, 0.29) is 0 Å². The first kappa shape index (κ1) is 16.5. The lowest BCUT2D eigenvalue weighted by Crippen LogP contribution is -2.47. The van der Waals surface area contributed by atoms with Gasteiger partial charge in [0.05, 0.1) is 0 Å². The fourth-order valence-corrected chi connectivity index (χ4v) is 9.26. The maximum Gasteiger partial charge on any atom is -0.0227 e. The molecule has 0 aromatic rings. The van der Waals surface area contributed by atoms with Crippen molar-refractivity contribution in [1.29, 1.82) is 0 Å². The van der Waals surface area contributed by atoms with Gasteiger partial charge in [0.2, 0.25) is 0 Å². The Morgan fingerprint density at radius 3 is 2.30 bits per heavy atom. The molecule has 4 rings (SSSR count). The van der Waals surface area contributed by atoms with Crippen molar-refractivity contribution in [3.63, 3.8) is 0 Å². The highest BCUT2D eigenvalue weighted by Crippen LogP contribution is 2.79. The summed E-state index contributed by atoms with van der Waals surface area (Å²) in [6.07, 6.45) is 10.6. The lowest BCUT2D eigenvalue weighted by molar-refractivity contribution is -0.0544. The first-order chi connectivity index (χ1) is 10.6. The fourth-order valence-electron chi connectivity index (χ4n) is 9.26. The van der Waals surface area contributed by atoms with Gasteiger partial charge in [0.25, 0.3) is 0 Å². The Balaban J connectivity index is 1.82. The van der Waals surface area contributed by atoms with E-state index in [0.29, 0.717) is 21.7 Å². The minimum Gasteiger partial charge on any atom is -0.0649 e. The molecular formula is C23H40. The van der Waals surface area contributed by atoms with Gasteiger partial charge in [-0.05, 0) is 89.8 Å². The molecule has 2 bridgehead atoms. The molecule has 4 aliphatic carbocycles. The second-order valence-corrected chi connectivity index (χ2v) is 11.5. The van der Waals surface area contributed by atoms with Gasteiger partial charge < -0.3 is 0 Å². The molecule has 0 radical (unpaired) electrons. The fraction of sp³-hybridized carbons (Fsp3) is 1.00. The van der Waals surface area contributed by atoms with E-state index in [0.717, 1.165) is 29.6 Å². The van der Waals surface area contributed by atoms with Gasteiger partial charge in [-0.2, -0.15) is 0 Å². The van der Waals surface area contributed by atoms with Crippen molar-refractivity contribution in [3.8, 4) is 0 Å². The van der Waals surface area contributed by atoms with Gasteiger partial charge in [0.1, 0.15) is 0 Å². The van der Waals surface area contributed by atoms with Crippen LogP contribution in [0.15, 0.2) is 0 Å². The van der Waals surface area contributed by atoms with Gasteiger partial charge in [-0.25, -0.2) is 0 Å². The lowest BCUT2D eigenvalue weighted by atomic mass is 9.51. The Labute approximate surface area is 145 Å².